The summed E-state index contributed by atoms with van der Waals surface area (Å²) >= 11 is 0. The van der Waals surface area contributed by atoms with Crippen molar-refractivity contribution >= 4 is 0 Å². The van der Waals surface area contributed by atoms with E-state index in [1.165, 1.54) is 5.56 Å². The molecule has 0 spiro atoms. The monoisotopic (exact) mass is 267 g/mol. The van der Waals surface area contributed by atoms with Crippen LogP contribution in [0.15, 0.2) is 30.3 Å². The first-order valence-corrected chi connectivity index (χ1v) is 7.05. The van der Waals surface area contributed by atoms with Gasteiger partial charge >= 0.3 is 0 Å². The molecule has 0 N–H and O–H groups in total. The molecule has 1 aliphatic heterocycles. The molecule has 0 amide bonds. The van der Waals surface area contributed by atoms with Gasteiger partial charge in [-0.3, -0.25) is 0 Å². The maximum Gasteiger partial charge on any atom is 0.0713 e. The largest absolute Gasteiger partial charge is 0.380 e. The van der Waals surface area contributed by atoms with E-state index in [1.54, 1.807) is 7.11 Å². The van der Waals surface area contributed by atoms with Crippen LogP contribution in [0, 0.1) is 0 Å². The molecular weight excluding hydrogens is 238 g/mol. The van der Waals surface area contributed by atoms with Gasteiger partial charge in [-0.15, -0.1) is 0 Å². The number of nitrogens with zero attached hydrogens (tertiary/aromatic N) is 1. The molecule has 1 fully saturated rings. The van der Waals surface area contributed by atoms with Crippen LogP contribution in [0.2, 0.25) is 0 Å². The molecule has 1 saturated heterocycles. The highest BCUT2D eigenvalue weighted by Crippen LogP contribution is 2.00. The number of rotatable bonds is 2. The first-order valence-electron chi connectivity index (χ1n) is 7.05. The third kappa shape index (κ3) is 9.65. The highest BCUT2D eigenvalue weighted by molar-refractivity contribution is 5.13. The molecule has 1 aromatic carbocycles. The molecule has 0 saturated carbocycles. The second-order valence-electron chi connectivity index (χ2n) is 4.36. The Morgan fingerprint density at radius 1 is 1.26 bits per heavy atom. The molecule has 2 rings (SSSR count). The lowest BCUT2D eigenvalue weighted by Gasteiger charge is -2.27. The highest BCUT2D eigenvalue weighted by atomic mass is 16.5. The van der Waals surface area contributed by atoms with Gasteiger partial charge in [-0.05, 0) is 19.5 Å². The zero-order valence-electron chi connectivity index (χ0n) is 13.1. The van der Waals surface area contributed by atoms with Gasteiger partial charge in [0.25, 0.3) is 0 Å². The molecule has 1 aliphatic rings. The molecule has 0 aliphatic carbocycles. The van der Waals surface area contributed by atoms with Crippen molar-refractivity contribution in [2.24, 2.45) is 0 Å². The van der Waals surface area contributed by atoms with Crippen molar-refractivity contribution in [1.29, 1.82) is 0 Å². The molecule has 3 heteroatoms. The average Bonchev–Trinajstić information content (AvgIpc) is 2.43. The van der Waals surface area contributed by atoms with E-state index < -0.39 is 0 Å². The normalized spacial score (nSPS) is 18.7. The molecule has 110 valence electrons. The zero-order valence-corrected chi connectivity index (χ0v) is 13.1. The minimum atomic E-state index is 0.439. The van der Waals surface area contributed by atoms with Gasteiger partial charge in [0.2, 0.25) is 0 Å². The quantitative estimate of drug-likeness (QED) is 0.821. The standard InChI is InChI=1S/C8H10O.C6H13NO.C2H6/c1-9-7-8-5-3-2-4-6-8;1-6-5-7(2)3-4-8-6;1-2/h2-6H,7H2,1H3;6H,3-5H2,1-2H3;1-2H3/t;6-;/m.1./s1. The summed E-state index contributed by atoms with van der Waals surface area (Å²) in [7, 11) is 3.83. The third-order valence-corrected chi connectivity index (χ3v) is 2.60. The molecule has 3 nitrogen and oxygen atoms in total. The fraction of sp³-hybridized carbons (Fsp3) is 0.625. The first-order chi connectivity index (χ1) is 9.22. The second-order valence-corrected chi connectivity index (χ2v) is 4.36. The maximum absolute atomic E-state index is 5.31. The van der Waals surface area contributed by atoms with Crippen molar-refractivity contribution in [3.63, 3.8) is 0 Å². The maximum atomic E-state index is 5.31. The number of ether oxygens (including phenoxy) is 2. The van der Waals surface area contributed by atoms with Crippen molar-refractivity contribution in [3.05, 3.63) is 35.9 Å². The van der Waals surface area contributed by atoms with E-state index in [1.807, 2.05) is 44.2 Å². The van der Waals surface area contributed by atoms with E-state index in [-0.39, 0.29) is 0 Å². The van der Waals surface area contributed by atoms with E-state index in [0.29, 0.717) is 12.7 Å². The van der Waals surface area contributed by atoms with Gasteiger partial charge in [-0.25, -0.2) is 0 Å². The summed E-state index contributed by atoms with van der Waals surface area (Å²) in [5.41, 5.74) is 1.22. The summed E-state index contributed by atoms with van der Waals surface area (Å²) in [6, 6.07) is 10.1. The first kappa shape index (κ1) is 18.1. The Morgan fingerprint density at radius 2 is 1.89 bits per heavy atom. The fourth-order valence-electron chi connectivity index (χ4n) is 1.73. The minimum Gasteiger partial charge on any atom is -0.380 e. The Hall–Kier alpha value is -0.900. The number of hydrogen-bond acceptors (Lipinski definition) is 3. The number of methoxy groups -OCH3 is 1. The van der Waals surface area contributed by atoms with Crippen molar-refractivity contribution in [2.45, 2.75) is 33.5 Å². The van der Waals surface area contributed by atoms with Crippen LogP contribution in [0.25, 0.3) is 0 Å². The van der Waals surface area contributed by atoms with Crippen LogP contribution in [-0.4, -0.2) is 44.9 Å². The highest BCUT2D eigenvalue weighted by Gasteiger charge is 2.11. The molecule has 0 radical (unpaired) electrons. The Kier molecular flexibility index (Phi) is 11.6. The average molecular weight is 267 g/mol. The van der Waals surface area contributed by atoms with Crippen LogP contribution in [0.3, 0.4) is 0 Å². The number of hydrogen-bond donors (Lipinski definition) is 0. The van der Waals surface area contributed by atoms with Crippen molar-refractivity contribution in [2.75, 3.05) is 33.9 Å². The van der Waals surface area contributed by atoms with E-state index in [2.05, 4.69) is 18.9 Å². The molecule has 1 heterocycles. The summed E-state index contributed by atoms with van der Waals surface area (Å²) in [5, 5.41) is 0. The number of morpholine rings is 1. The van der Waals surface area contributed by atoms with Crippen molar-refractivity contribution in [1.82, 2.24) is 4.90 Å². The molecule has 0 bridgehead atoms. The van der Waals surface area contributed by atoms with Gasteiger partial charge in [0.1, 0.15) is 0 Å². The van der Waals surface area contributed by atoms with Crippen LogP contribution in [0.5, 0.6) is 0 Å². The van der Waals surface area contributed by atoms with Crippen molar-refractivity contribution < 1.29 is 9.47 Å². The van der Waals surface area contributed by atoms with Gasteiger partial charge < -0.3 is 14.4 Å². The molecule has 0 aromatic heterocycles. The summed E-state index contributed by atoms with van der Waals surface area (Å²) in [5.74, 6) is 0. The van der Waals surface area contributed by atoms with Crippen LogP contribution >= 0.6 is 0 Å². The predicted octanol–water partition coefficient (Wildman–Crippen LogP) is 3.20. The van der Waals surface area contributed by atoms with Gasteiger partial charge in [0, 0.05) is 20.2 Å². The van der Waals surface area contributed by atoms with E-state index in [0.717, 1.165) is 19.7 Å². The van der Waals surface area contributed by atoms with E-state index in [4.69, 9.17) is 9.47 Å². The zero-order chi connectivity index (χ0) is 14.5. The lowest BCUT2D eigenvalue weighted by atomic mass is 10.2. The summed E-state index contributed by atoms with van der Waals surface area (Å²) in [6.45, 7) is 9.89. The third-order valence-electron chi connectivity index (χ3n) is 2.60. The van der Waals surface area contributed by atoms with Gasteiger partial charge in [0.15, 0.2) is 0 Å². The minimum absolute atomic E-state index is 0.439. The summed E-state index contributed by atoms with van der Waals surface area (Å²) in [6.07, 6.45) is 0.439. The fourth-order valence-corrected chi connectivity index (χ4v) is 1.73. The lowest BCUT2D eigenvalue weighted by Crippen LogP contribution is -2.38. The Morgan fingerprint density at radius 3 is 2.32 bits per heavy atom. The molecule has 1 aromatic rings. The Balaban J connectivity index is 0.000000303. The summed E-state index contributed by atoms with van der Waals surface area (Å²) in [4.78, 5) is 2.29. The Bertz CT molecular complexity index is 282. The van der Waals surface area contributed by atoms with Crippen LogP contribution in [-0.2, 0) is 16.1 Å². The molecule has 0 unspecified atom stereocenters. The topological polar surface area (TPSA) is 21.7 Å². The number of likely N-dealkylation sites (N-methyl/N-ethyl adjacent to an activating group) is 1. The predicted molar refractivity (Wildman–Crippen MR) is 81.4 cm³/mol. The van der Waals surface area contributed by atoms with Crippen LogP contribution in [0.1, 0.15) is 26.3 Å². The van der Waals surface area contributed by atoms with Crippen LogP contribution in [0.4, 0.5) is 0 Å². The number of benzene rings is 1. The van der Waals surface area contributed by atoms with Crippen LogP contribution < -0.4 is 0 Å². The Labute approximate surface area is 118 Å². The SMILES string of the molecule is CC.COCc1ccccc1.C[C@@H]1CN(C)CCO1. The van der Waals surface area contributed by atoms with Gasteiger partial charge in [-0.2, -0.15) is 0 Å². The van der Waals surface area contributed by atoms with Crippen molar-refractivity contribution in [3.8, 4) is 0 Å². The summed E-state index contributed by atoms with van der Waals surface area (Å²) < 4.78 is 10.2. The lowest BCUT2D eigenvalue weighted by molar-refractivity contribution is -0.00861. The van der Waals surface area contributed by atoms with Gasteiger partial charge in [0.05, 0.1) is 19.3 Å². The molecular formula is C16H29NO2. The molecule has 1 atom stereocenters. The smallest absolute Gasteiger partial charge is 0.0713 e. The molecule has 19 heavy (non-hydrogen) atoms. The van der Waals surface area contributed by atoms with E-state index in [9.17, 15) is 0 Å². The van der Waals surface area contributed by atoms with E-state index >= 15 is 0 Å². The second kappa shape index (κ2) is 12.2. The van der Waals surface area contributed by atoms with Gasteiger partial charge in [-0.1, -0.05) is 44.2 Å².